The van der Waals surface area contributed by atoms with E-state index in [4.69, 9.17) is 9.47 Å². The second-order valence-corrected chi connectivity index (χ2v) is 12.1. The fourth-order valence-electron chi connectivity index (χ4n) is 5.16. The molecule has 0 fully saturated rings. The van der Waals surface area contributed by atoms with Crippen molar-refractivity contribution in [3.8, 4) is 35.2 Å². The van der Waals surface area contributed by atoms with Gasteiger partial charge in [0, 0.05) is 11.1 Å². The summed E-state index contributed by atoms with van der Waals surface area (Å²) in [7, 11) is 0. The predicted molar refractivity (Wildman–Crippen MR) is 175 cm³/mol. The lowest BCUT2D eigenvalue weighted by Crippen LogP contribution is -2.16. The van der Waals surface area contributed by atoms with Gasteiger partial charge in [-0.25, -0.2) is 35.1 Å². The fraction of sp³-hybridized carbons (Fsp3) is 0.300. The Hall–Kier alpha value is -5.38. The number of ether oxygens (including phenoxy) is 2. The minimum Gasteiger partial charge on any atom is -0.494 e. The van der Waals surface area contributed by atoms with E-state index in [1.807, 2.05) is 11.8 Å². The lowest BCUT2D eigenvalue weighted by atomic mass is 10.1. The monoisotopic (exact) mass is 806 g/mol. The summed E-state index contributed by atoms with van der Waals surface area (Å²) in [6, 6.07) is 11.6. The summed E-state index contributed by atoms with van der Waals surface area (Å²) in [6.07, 6.45) is -4.09. The molecule has 0 radical (unpaired) electrons. The third-order valence-electron chi connectivity index (χ3n) is 8.04. The lowest BCUT2D eigenvalue weighted by Gasteiger charge is -2.11. The third-order valence-corrected chi connectivity index (χ3v) is 8.04. The first kappa shape index (κ1) is 43.3. The topological polar surface area (TPSA) is 18.5 Å². The fourth-order valence-corrected chi connectivity index (χ4v) is 5.16. The minimum atomic E-state index is -5.65. The molecule has 4 aromatic rings. The van der Waals surface area contributed by atoms with Crippen LogP contribution in [-0.2, 0) is 12.4 Å². The molecule has 0 saturated carbocycles. The average Bonchev–Trinajstić information content (AvgIpc) is 3.13. The summed E-state index contributed by atoms with van der Waals surface area (Å²) in [4.78, 5) is 0. The van der Waals surface area contributed by atoms with Gasteiger partial charge in [0.05, 0.1) is 13.2 Å². The van der Waals surface area contributed by atoms with Gasteiger partial charge in [-0.2, -0.15) is 26.3 Å². The van der Waals surface area contributed by atoms with Crippen molar-refractivity contribution in [3.63, 3.8) is 0 Å². The standard InChI is InChI=1S/C40H28F14O2/c41-31-27(32(42)36(46)29(35(31)45)39(49,50)51)19-13-23-9-15-25(16-10-23)55-21-7-5-3-1-2-4-6-8-22-56-26-17-11-24(12-18-26)14-20-28-33(43)37(47)30(40(52,53)54)38(48)34(28)44/h9-12,15-18H,1-8,21-22H2. The molecule has 0 aromatic heterocycles. The molecule has 16 heteroatoms. The SMILES string of the molecule is Fc1c(F)c(C(F)(F)F)c(F)c(F)c1C#Cc1ccc(OCCCCCCCCCCOc2ccc(C#Cc3c(F)c(F)c(C(F)(F)F)c(F)c3F)cc2)cc1. The summed E-state index contributed by atoms with van der Waals surface area (Å²) in [6.45, 7) is 0.791. The van der Waals surface area contributed by atoms with Crippen molar-refractivity contribution in [2.45, 2.75) is 63.7 Å². The Morgan fingerprint density at radius 2 is 0.625 bits per heavy atom. The van der Waals surface area contributed by atoms with Crippen LogP contribution >= 0.6 is 0 Å². The average molecular weight is 807 g/mol. The summed E-state index contributed by atoms with van der Waals surface area (Å²) in [5, 5.41) is 0. The Kier molecular flexibility index (Phi) is 14.7. The van der Waals surface area contributed by atoms with Crippen molar-refractivity contribution in [3.05, 3.63) is 128 Å². The number of hydrogen-bond donors (Lipinski definition) is 0. The first-order chi connectivity index (χ1) is 26.4. The zero-order chi connectivity index (χ0) is 41.2. The van der Waals surface area contributed by atoms with Crippen LogP contribution in [0.5, 0.6) is 11.5 Å². The Morgan fingerprint density at radius 3 is 0.893 bits per heavy atom. The van der Waals surface area contributed by atoms with Crippen LogP contribution in [0.3, 0.4) is 0 Å². The van der Waals surface area contributed by atoms with Crippen molar-refractivity contribution in [1.82, 2.24) is 0 Å². The van der Waals surface area contributed by atoms with Crippen molar-refractivity contribution >= 4 is 0 Å². The Labute approximate surface area is 311 Å². The summed E-state index contributed by atoms with van der Waals surface area (Å²) in [5.41, 5.74) is -7.97. The molecule has 0 spiro atoms. The summed E-state index contributed by atoms with van der Waals surface area (Å²) >= 11 is 0. The summed E-state index contributed by atoms with van der Waals surface area (Å²) in [5.74, 6) is -10.2. The van der Waals surface area contributed by atoms with Gasteiger partial charge in [-0.3, -0.25) is 0 Å². The van der Waals surface area contributed by atoms with Crippen LogP contribution in [0, 0.1) is 70.2 Å². The number of benzene rings is 4. The van der Waals surface area contributed by atoms with Crippen LogP contribution in [0.2, 0.25) is 0 Å². The van der Waals surface area contributed by atoms with E-state index < -0.39 is 81.1 Å². The zero-order valence-electron chi connectivity index (χ0n) is 28.8. The van der Waals surface area contributed by atoms with E-state index in [2.05, 4.69) is 11.8 Å². The highest BCUT2D eigenvalue weighted by Crippen LogP contribution is 2.38. The van der Waals surface area contributed by atoms with E-state index in [9.17, 15) is 61.5 Å². The van der Waals surface area contributed by atoms with Gasteiger partial charge >= 0.3 is 12.4 Å². The lowest BCUT2D eigenvalue weighted by molar-refractivity contribution is -0.144. The smallest absolute Gasteiger partial charge is 0.422 e. The number of alkyl halides is 6. The quantitative estimate of drug-likeness (QED) is 0.0580. The van der Waals surface area contributed by atoms with E-state index in [1.54, 1.807) is 0 Å². The molecule has 0 atom stereocenters. The molecule has 0 aliphatic heterocycles. The second-order valence-electron chi connectivity index (χ2n) is 12.1. The second kappa shape index (κ2) is 19.0. The van der Waals surface area contributed by atoms with E-state index in [-0.39, 0.29) is 11.1 Å². The normalized spacial score (nSPS) is 11.5. The zero-order valence-corrected chi connectivity index (χ0v) is 28.8. The van der Waals surface area contributed by atoms with E-state index >= 15 is 0 Å². The molecule has 0 bridgehead atoms. The van der Waals surface area contributed by atoms with Crippen LogP contribution in [-0.4, -0.2) is 13.2 Å². The Morgan fingerprint density at radius 1 is 0.357 bits per heavy atom. The maximum Gasteiger partial charge on any atom is 0.422 e. The highest BCUT2D eigenvalue weighted by atomic mass is 19.4. The molecule has 298 valence electrons. The Bertz CT molecular complexity index is 1910. The highest BCUT2D eigenvalue weighted by Gasteiger charge is 2.43. The maximum absolute atomic E-state index is 14.0. The van der Waals surface area contributed by atoms with Crippen molar-refractivity contribution in [1.29, 1.82) is 0 Å². The first-order valence-corrected chi connectivity index (χ1v) is 16.8. The van der Waals surface area contributed by atoms with Gasteiger partial charge in [-0.1, -0.05) is 62.2 Å². The van der Waals surface area contributed by atoms with Gasteiger partial charge < -0.3 is 9.47 Å². The van der Waals surface area contributed by atoms with Crippen LogP contribution in [0.4, 0.5) is 61.5 Å². The molecule has 4 rings (SSSR count). The number of rotatable bonds is 13. The molecule has 0 aliphatic rings. The molecule has 0 amide bonds. The predicted octanol–water partition coefficient (Wildman–Crippen LogP) is 12.2. The van der Waals surface area contributed by atoms with Gasteiger partial charge in [-0.15, -0.1) is 0 Å². The van der Waals surface area contributed by atoms with Crippen molar-refractivity contribution in [2.75, 3.05) is 13.2 Å². The van der Waals surface area contributed by atoms with Crippen LogP contribution in [0.15, 0.2) is 48.5 Å². The van der Waals surface area contributed by atoms with Crippen LogP contribution < -0.4 is 9.47 Å². The van der Waals surface area contributed by atoms with Crippen molar-refractivity contribution in [2.24, 2.45) is 0 Å². The summed E-state index contributed by atoms with van der Waals surface area (Å²) < 4.78 is 199. The third kappa shape index (κ3) is 11.1. The van der Waals surface area contributed by atoms with E-state index in [1.165, 1.54) is 48.5 Å². The molecule has 56 heavy (non-hydrogen) atoms. The molecule has 0 heterocycles. The van der Waals surface area contributed by atoms with Gasteiger partial charge in [0.2, 0.25) is 0 Å². The number of unbranched alkanes of at least 4 members (excludes halogenated alkanes) is 7. The van der Waals surface area contributed by atoms with Crippen LogP contribution in [0.1, 0.15) is 84.7 Å². The maximum atomic E-state index is 14.0. The highest BCUT2D eigenvalue weighted by molar-refractivity contribution is 5.49. The molecule has 2 nitrogen and oxygen atoms in total. The molecule has 0 aliphatic carbocycles. The molecular weight excluding hydrogens is 778 g/mol. The van der Waals surface area contributed by atoms with Gasteiger partial charge in [0.25, 0.3) is 0 Å². The van der Waals surface area contributed by atoms with E-state index in [0.29, 0.717) is 24.7 Å². The number of halogens is 14. The van der Waals surface area contributed by atoms with Crippen molar-refractivity contribution < 1.29 is 70.9 Å². The minimum absolute atomic E-state index is 0.155. The molecule has 0 N–H and O–H groups in total. The Balaban J connectivity index is 1.09. The molecule has 4 aromatic carbocycles. The molecule has 0 saturated heterocycles. The first-order valence-electron chi connectivity index (χ1n) is 16.8. The van der Waals surface area contributed by atoms with Gasteiger partial charge in [0.15, 0.2) is 46.5 Å². The van der Waals surface area contributed by atoms with Crippen LogP contribution in [0.25, 0.3) is 0 Å². The van der Waals surface area contributed by atoms with E-state index in [0.717, 1.165) is 51.4 Å². The van der Waals surface area contributed by atoms with Gasteiger partial charge in [-0.05, 0) is 61.4 Å². The molecular formula is C40H28F14O2. The largest absolute Gasteiger partial charge is 0.494 e. The molecule has 0 unspecified atom stereocenters. The van der Waals surface area contributed by atoms with Gasteiger partial charge in [0.1, 0.15) is 33.8 Å². The number of hydrogen-bond acceptors (Lipinski definition) is 2.